The van der Waals surface area contributed by atoms with Crippen LogP contribution in [0.15, 0.2) is 48.5 Å². The monoisotopic (exact) mass is 335 g/mol. The highest BCUT2D eigenvalue weighted by Gasteiger charge is 2.44. The van der Waals surface area contributed by atoms with Gasteiger partial charge in [0.05, 0.1) is 11.1 Å². The molecule has 0 spiro atoms. The van der Waals surface area contributed by atoms with Gasteiger partial charge in [-0.1, -0.05) is 24.3 Å². The first-order valence-electron chi connectivity index (χ1n) is 7.55. The minimum absolute atomic E-state index is 0.206. The van der Waals surface area contributed by atoms with E-state index in [4.69, 9.17) is 5.11 Å². The van der Waals surface area contributed by atoms with E-state index >= 15 is 0 Å². The van der Waals surface area contributed by atoms with Crippen LogP contribution in [0.2, 0.25) is 0 Å². The molecule has 0 saturated heterocycles. The van der Waals surface area contributed by atoms with Crippen molar-refractivity contribution in [3.8, 4) is 0 Å². The molecule has 0 amide bonds. The molecule has 1 fully saturated rings. The fourth-order valence-corrected chi connectivity index (χ4v) is 2.72. The number of alkyl halides is 3. The Morgan fingerprint density at radius 3 is 2.33 bits per heavy atom. The normalized spacial score (nSPS) is 16.0. The molecule has 0 atom stereocenters. The average molecular weight is 335 g/mol. The first-order chi connectivity index (χ1) is 11.3. The second-order valence-corrected chi connectivity index (χ2v) is 6.02. The standard InChI is InChI=1S/C18H16F3NO2/c19-18(20,21)15-3-1-2-14(10-15)17(8-9-17)22-11-12-4-6-13(7-5-12)16(23)24/h1-7,10,22H,8-9,11H2,(H,23,24). The molecular weight excluding hydrogens is 319 g/mol. The van der Waals surface area contributed by atoms with Crippen LogP contribution in [0.4, 0.5) is 13.2 Å². The minimum atomic E-state index is -4.35. The molecule has 2 N–H and O–H groups in total. The Hall–Kier alpha value is -2.34. The largest absolute Gasteiger partial charge is 0.478 e. The molecule has 24 heavy (non-hydrogen) atoms. The van der Waals surface area contributed by atoms with Gasteiger partial charge in [0.1, 0.15) is 0 Å². The number of rotatable bonds is 5. The zero-order valence-corrected chi connectivity index (χ0v) is 12.7. The molecule has 1 aliphatic carbocycles. The predicted molar refractivity (Wildman–Crippen MR) is 82.6 cm³/mol. The fraction of sp³-hybridized carbons (Fsp3) is 0.278. The number of carbonyl (C=O) groups is 1. The lowest BCUT2D eigenvalue weighted by molar-refractivity contribution is -0.137. The molecule has 126 valence electrons. The molecule has 0 heterocycles. The number of benzene rings is 2. The number of aromatic carboxylic acids is 1. The van der Waals surface area contributed by atoms with Crippen LogP contribution < -0.4 is 5.32 Å². The molecule has 3 nitrogen and oxygen atoms in total. The van der Waals surface area contributed by atoms with E-state index in [0.717, 1.165) is 24.5 Å². The highest BCUT2D eigenvalue weighted by Crippen LogP contribution is 2.46. The molecule has 2 aromatic rings. The molecule has 0 unspecified atom stereocenters. The van der Waals surface area contributed by atoms with Gasteiger partial charge >= 0.3 is 12.1 Å². The second-order valence-electron chi connectivity index (χ2n) is 6.02. The lowest BCUT2D eigenvalue weighted by Crippen LogP contribution is -2.28. The topological polar surface area (TPSA) is 49.3 Å². The van der Waals surface area contributed by atoms with Gasteiger partial charge < -0.3 is 10.4 Å². The summed E-state index contributed by atoms with van der Waals surface area (Å²) in [7, 11) is 0. The summed E-state index contributed by atoms with van der Waals surface area (Å²) < 4.78 is 38.6. The fourth-order valence-electron chi connectivity index (χ4n) is 2.72. The lowest BCUT2D eigenvalue weighted by Gasteiger charge is -2.19. The van der Waals surface area contributed by atoms with E-state index < -0.39 is 23.2 Å². The summed E-state index contributed by atoms with van der Waals surface area (Å²) in [5.41, 5.74) is 0.668. The van der Waals surface area contributed by atoms with Crippen LogP contribution in [0.5, 0.6) is 0 Å². The lowest BCUT2D eigenvalue weighted by atomic mass is 10.0. The number of nitrogens with one attached hydrogen (secondary N) is 1. The zero-order chi connectivity index (χ0) is 17.4. The summed E-state index contributed by atoms with van der Waals surface area (Å²) in [6.07, 6.45) is -2.79. The summed E-state index contributed by atoms with van der Waals surface area (Å²) in [6, 6.07) is 11.9. The third-order valence-corrected chi connectivity index (χ3v) is 4.32. The molecule has 2 aromatic carbocycles. The van der Waals surface area contributed by atoms with Crippen molar-refractivity contribution in [1.29, 1.82) is 0 Å². The maximum Gasteiger partial charge on any atom is 0.416 e. The maximum absolute atomic E-state index is 12.9. The minimum Gasteiger partial charge on any atom is -0.478 e. The van der Waals surface area contributed by atoms with Crippen LogP contribution in [0.1, 0.15) is 39.9 Å². The van der Waals surface area contributed by atoms with Gasteiger partial charge in [0.2, 0.25) is 0 Å². The first-order valence-corrected chi connectivity index (χ1v) is 7.55. The van der Waals surface area contributed by atoms with Crippen molar-refractivity contribution >= 4 is 5.97 Å². The van der Waals surface area contributed by atoms with Crippen LogP contribution in [-0.4, -0.2) is 11.1 Å². The van der Waals surface area contributed by atoms with Gasteiger partial charge in [0.15, 0.2) is 0 Å². The molecule has 1 aliphatic rings. The Morgan fingerprint density at radius 2 is 1.79 bits per heavy atom. The average Bonchev–Trinajstić information content (AvgIpc) is 3.34. The molecule has 0 bridgehead atoms. The Labute approximate surface area is 137 Å². The highest BCUT2D eigenvalue weighted by molar-refractivity contribution is 5.87. The van der Waals surface area contributed by atoms with Gasteiger partial charge in [-0.15, -0.1) is 0 Å². The highest BCUT2D eigenvalue weighted by atomic mass is 19.4. The SMILES string of the molecule is O=C(O)c1ccc(CNC2(c3cccc(C(F)(F)F)c3)CC2)cc1. The molecule has 0 radical (unpaired) electrons. The Balaban J connectivity index is 1.72. The summed E-state index contributed by atoms with van der Waals surface area (Å²) in [6.45, 7) is 0.468. The van der Waals surface area contributed by atoms with Crippen molar-refractivity contribution in [1.82, 2.24) is 5.32 Å². The number of hydrogen-bond donors (Lipinski definition) is 2. The van der Waals surface area contributed by atoms with Crippen molar-refractivity contribution < 1.29 is 23.1 Å². The molecule has 3 rings (SSSR count). The zero-order valence-electron chi connectivity index (χ0n) is 12.7. The third kappa shape index (κ3) is 3.43. The Bertz CT molecular complexity index is 750. The summed E-state index contributed by atoms with van der Waals surface area (Å²) in [5, 5.41) is 12.2. The van der Waals surface area contributed by atoms with E-state index in [0.29, 0.717) is 12.1 Å². The summed E-state index contributed by atoms with van der Waals surface area (Å²) in [4.78, 5) is 10.8. The molecular formula is C18H16F3NO2. The quantitative estimate of drug-likeness (QED) is 0.862. The number of carboxylic acid groups (broad SMARTS) is 1. The summed E-state index contributed by atoms with van der Waals surface area (Å²) >= 11 is 0. The van der Waals surface area contributed by atoms with Crippen molar-refractivity contribution in [3.63, 3.8) is 0 Å². The number of hydrogen-bond acceptors (Lipinski definition) is 2. The van der Waals surface area contributed by atoms with Crippen molar-refractivity contribution in [3.05, 3.63) is 70.8 Å². The molecule has 0 aliphatic heterocycles. The number of halogens is 3. The molecule has 6 heteroatoms. The Kier molecular flexibility index (Phi) is 4.09. The van der Waals surface area contributed by atoms with Crippen molar-refractivity contribution in [2.45, 2.75) is 31.1 Å². The van der Waals surface area contributed by atoms with E-state index in [1.54, 1.807) is 18.2 Å². The van der Waals surface area contributed by atoms with Gasteiger partial charge in [-0.2, -0.15) is 13.2 Å². The van der Waals surface area contributed by atoms with Gasteiger partial charge in [-0.25, -0.2) is 4.79 Å². The number of carboxylic acids is 1. The van der Waals surface area contributed by atoms with Gasteiger partial charge in [0, 0.05) is 12.1 Å². The maximum atomic E-state index is 12.9. The van der Waals surface area contributed by atoms with E-state index in [2.05, 4.69) is 5.32 Å². The third-order valence-electron chi connectivity index (χ3n) is 4.32. The van der Waals surface area contributed by atoms with Crippen LogP contribution in [0.3, 0.4) is 0 Å². The van der Waals surface area contributed by atoms with Gasteiger partial charge in [0.25, 0.3) is 0 Å². The second kappa shape index (κ2) is 5.94. The van der Waals surface area contributed by atoms with E-state index in [1.165, 1.54) is 24.3 Å². The van der Waals surface area contributed by atoms with E-state index in [1.807, 2.05) is 0 Å². The van der Waals surface area contributed by atoms with Gasteiger partial charge in [-0.3, -0.25) is 0 Å². The molecule has 1 saturated carbocycles. The van der Waals surface area contributed by atoms with Crippen LogP contribution in [0, 0.1) is 0 Å². The van der Waals surface area contributed by atoms with Gasteiger partial charge in [-0.05, 0) is 48.2 Å². The van der Waals surface area contributed by atoms with Crippen LogP contribution >= 0.6 is 0 Å². The van der Waals surface area contributed by atoms with E-state index in [-0.39, 0.29) is 5.56 Å². The van der Waals surface area contributed by atoms with Crippen molar-refractivity contribution in [2.75, 3.05) is 0 Å². The Morgan fingerprint density at radius 1 is 1.12 bits per heavy atom. The predicted octanol–water partition coefficient (Wildman–Crippen LogP) is 4.18. The van der Waals surface area contributed by atoms with Crippen LogP contribution in [-0.2, 0) is 18.3 Å². The van der Waals surface area contributed by atoms with Crippen molar-refractivity contribution in [2.24, 2.45) is 0 Å². The first kappa shape index (κ1) is 16.5. The summed E-state index contributed by atoms with van der Waals surface area (Å²) in [5.74, 6) is -0.989. The smallest absolute Gasteiger partial charge is 0.416 e. The molecule has 0 aromatic heterocycles. The van der Waals surface area contributed by atoms with Crippen LogP contribution in [0.25, 0.3) is 0 Å². The van der Waals surface area contributed by atoms with E-state index in [9.17, 15) is 18.0 Å².